The number of rotatable bonds is 4. The van der Waals surface area contributed by atoms with Gasteiger partial charge in [-0.05, 0) is 36.9 Å². The molecule has 2 aromatic carbocycles. The standard InChI is InChI=1S/C22H24N4O2/c1-24-12-14-26(15-13-24)18-10-8-17(9-11-18)23-20-19(16-6-4-3-5-7-16)21(27)25(2)22(20)28/h3-11,23H,12-15H2,1-2H3. The smallest absolute Gasteiger partial charge is 0.277 e. The summed E-state index contributed by atoms with van der Waals surface area (Å²) in [6.07, 6.45) is 0. The summed E-state index contributed by atoms with van der Waals surface area (Å²) in [5, 5.41) is 3.18. The van der Waals surface area contributed by atoms with Gasteiger partial charge in [-0.2, -0.15) is 0 Å². The van der Waals surface area contributed by atoms with Crippen LogP contribution in [-0.2, 0) is 9.59 Å². The largest absolute Gasteiger partial charge is 0.369 e. The normalized spacial score (nSPS) is 18.2. The molecule has 0 saturated carbocycles. The Morgan fingerprint density at radius 1 is 0.786 bits per heavy atom. The van der Waals surface area contributed by atoms with E-state index in [1.165, 1.54) is 12.7 Å². The van der Waals surface area contributed by atoms with Gasteiger partial charge in [0.2, 0.25) is 0 Å². The Labute approximate surface area is 165 Å². The second-order valence-corrected chi connectivity index (χ2v) is 7.25. The van der Waals surface area contributed by atoms with E-state index in [4.69, 9.17) is 0 Å². The fourth-order valence-electron chi connectivity index (χ4n) is 3.59. The Morgan fingerprint density at radius 3 is 2.07 bits per heavy atom. The third-order valence-corrected chi connectivity index (χ3v) is 5.35. The van der Waals surface area contributed by atoms with Crippen LogP contribution in [0.15, 0.2) is 60.3 Å². The van der Waals surface area contributed by atoms with Gasteiger partial charge < -0.3 is 15.1 Å². The summed E-state index contributed by atoms with van der Waals surface area (Å²) in [6.45, 7) is 4.11. The predicted octanol–water partition coefficient (Wildman–Crippen LogP) is 2.26. The van der Waals surface area contributed by atoms with E-state index in [0.29, 0.717) is 11.3 Å². The van der Waals surface area contributed by atoms with Crippen molar-refractivity contribution in [3.05, 3.63) is 65.9 Å². The summed E-state index contributed by atoms with van der Waals surface area (Å²) < 4.78 is 0. The van der Waals surface area contributed by atoms with Gasteiger partial charge >= 0.3 is 0 Å². The van der Waals surface area contributed by atoms with Crippen molar-refractivity contribution in [2.75, 3.05) is 50.5 Å². The Hall–Kier alpha value is -3.12. The molecule has 0 aliphatic carbocycles. The van der Waals surface area contributed by atoms with Crippen molar-refractivity contribution in [3.8, 4) is 0 Å². The molecule has 0 atom stereocenters. The van der Waals surface area contributed by atoms with Crippen LogP contribution >= 0.6 is 0 Å². The molecule has 0 aromatic heterocycles. The fourth-order valence-corrected chi connectivity index (χ4v) is 3.59. The van der Waals surface area contributed by atoms with E-state index in [1.54, 1.807) is 0 Å². The van der Waals surface area contributed by atoms with Crippen molar-refractivity contribution < 1.29 is 9.59 Å². The minimum absolute atomic E-state index is 0.284. The average Bonchev–Trinajstić information content (AvgIpc) is 2.94. The lowest BCUT2D eigenvalue weighted by molar-refractivity contribution is -0.135. The summed E-state index contributed by atoms with van der Waals surface area (Å²) in [5.41, 5.74) is 3.43. The zero-order valence-corrected chi connectivity index (χ0v) is 16.2. The van der Waals surface area contributed by atoms with Gasteiger partial charge in [-0.15, -0.1) is 0 Å². The highest BCUT2D eigenvalue weighted by atomic mass is 16.2. The second-order valence-electron chi connectivity index (χ2n) is 7.25. The predicted molar refractivity (Wildman–Crippen MR) is 111 cm³/mol. The molecular weight excluding hydrogens is 352 g/mol. The van der Waals surface area contributed by atoms with Gasteiger partial charge in [0, 0.05) is 44.6 Å². The summed E-state index contributed by atoms with van der Waals surface area (Å²) in [4.78, 5) is 31.1. The topological polar surface area (TPSA) is 55.9 Å². The SMILES string of the molecule is CN1CCN(c2ccc(NC3=C(c4ccccc4)C(=O)N(C)C3=O)cc2)CC1. The molecule has 2 aliphatic rings. The second kappa shape index (κ2) is 7.48. The van der Waals surface area contributed by atoms with Gasteiger partial charge in [0.05, 0.1) is 5.57 Å². The number of hydrogen-bond donors (Lipinski definition) is 1. The van der Waals surface area contributed by atoms with Crippen LogP contribution in [0.5, 0.6) is 0 Å². The molecule has 0 bridgehead atoms. The van der Waals surface area contributed by atoms with Gasteiger partial charge in [-0.3, -0.25) is 14.5 Å². The molecule has 6 heteroatoms. The Kier molecular flexibility index (Phi) is 4.88. The summed E-state index contributed by atoms with van der Waals surface area (Å²) in [5.74, 6) is -0.597. The quantitative estimate of drug-likeness (QED) is 0.830. The van der Waals surface area contributed by atoms with Gasteiger partial charge in [0.1, 0.15) is 5.70 Å². The minimum Gasteiger partial charge on any atom is -0.369 e. The number of likely N-dealkylation sites (N-methyl/N-ethyl adjacent to an activating group) is 2. The molecule has 1 saturated heterocycles. The third kappa shape index (κ3) is 3.39. The van der Waals surface area contributed by atoms with Crippen LogP contribution in [-0.4, -0.2) is 61.9 Å². The molecule has 4 rings (SSSR count). The van der Waals surface area contributed by atoms with Gasteiger partial charge in [0.15, 0.2) is 0 Å². The van der Waals surface area contributed by atoms with Crippen LogP contribution in [0.3, 0.4) is 0 Å². The summed E-state index contributed by atoms with van der Waals surface area (Å²) in [7, 11) is 3.65. The van der Waals surface area contributed by atoms with Gasteiger partial charge in [0.25, 0.3) is 11.8 Å². The monoisotopic (exact) mass is 376 g/mol. The van der Waals surface area contributed by atoms with E-state index in [0.717, 1.165) is 42.3 Å². The van der Waals surface area contributed by atoms with Gasteiger partial charge in [-0.1, -0.05) is 30.3 Å². The lowest BCUT2D eigenvalue weighted by Crippen LogP contribution is -2.44. The number of anilines is 2. The molecule has 144 valence electrons. The molecule has 6 nitrogen and oxygen atoms in total. The molecule has 0 radical (unpaired) electrons. The highest BCUT2D eigenvalue weighted by Crippen LogP contribution is 2.30. The minimum atomic E-state index is -0.313. The van der Waals surface area contributed by atoms with Crippen molar-refractivity contribution in [2.24, 2.45) is 0 Å². The molecule has 2 heterocycles. The van der Waals surface area contributed by atoms with Crippen molar-refractivity contribution in [1.82, 2.24) is 9.80 Å². The maximum Gasteiger partial charge on any atom is 0.277 e. The first-order chi connectivity index (χ1) is 13.5. The molecule has 2 aromatic rings. The number of carbonyl (C=O) groups excluding carboxylic acids is 2. The zero-order chi connectivity index (χ0) is 19.7. The van der Waals surface area contributed by atoms with Crippen molar-refractivity contribution in [3.63, 3.8) is 0 Å². The number of imide groups is 1. The highest BCUT2D eigenvalue weighted by molar-refractivity contribution is 6.36. The van der Waals surface area contributed by atoms with Crippen molar-refractivity contribution in [1.29, 1.82) is 0 Å². The number of piperazine rings is 1. The maximum atomic E-state index is 12.6. The number of benzene rings is 2. The number of hydrogen-bond acceptors (Lipinski definition) is 5. The number of carbonyl (C=O) groups is 2. The van der Waals surface area contributed by atoms with Crippen LogP contribution in [0.2, 0.25) is 0 Å². The average molecular weight is 376 g/mol. The third-order valence-electron chi connectivity index (χ3n) is 5.35. The van der Waals surface area contributed by atoms with Crippen LogP contribution < -0.4 is 10.2 Å². The van der Waals surface area contributed by atoms with Crippen LogP contribution in [0.1, 0.15) is 5.56 Å². The molecular formula is C22H24N4O2. The van der Waals surface area contributed by atoms with Crippen LogP contribution in [0, 0.1) is 0 Å². The van der Waals surface area contributed by atoms with E-state index >= 15 is 0 Å². The summed E-state index contributed by atoms with van der Waals surface area (Å²) >= 11 is 0. The van der Waals surface area contributed by atoms with E-state index in [1.807, 2.05) is 42.5 Å². The first-order valence-corrected chi connectivity index (χ1v) is 9.47. The van der Waals surface area contributed by atoms with Crippen LogP contribution in [0.4, 0.5) is 11.4 Å². The first-order valence-electron chi connectivity index (χ1n) is 9.47. The number of nitrogens with one attached hydrogen (secondary N) is 1. The van der Waals surface area contributed by atoms with E-state index in [2.05, 4.69) is 34.3 Å². The van der Waals surface area contributed by atoms with E-state index in [9.17, 15) is 9.59 Å². The molecule has 2 aliphatic heterocycles. The number of amides is 2. The lowest BCUT2D eigenvalue weighted by atomic mass is 10.0. The summed E-state index contributed by atoms with van der Waals surface area (Å²) in [6, 6.07) is 17.3. The molecule has 0 spiro atoms. The van der Waals surface area contributed by atoms with E-state index in [-0.39, 0.29) is 11.8 Å². The Bertz CT molecular complexity index is 913. The molecule has 0 unspecified atom stereocenters. The Morgan fingerprint density at radius 2 is 1.43 bits per heavy atom. The van der Waals surface area contributed by atoms with E-state index < -0.39 is 0 Å². The number of nitrogens with zero attached hydrogens (tertiary/aromatic N) is 3. The molecule has 1 fully saturated rings. The fraction of sp³-hybridized carbons (Fsp3) is 0.273. The lowest BCUT2D eigenvalue weighted by Gasteiger charge is -2.34. The van der Waals surface area contributed by atoms with Gasteiger partial charge in [-0.25, -0.2) is 0 Å². The van der Waals surface area contributed by atoms with Crippen molar-refractivity contribution >= 4 is 28.8 Å². The Balaban J connectivity index is 1.59. The van der Waals surface area contributed by atoms with Crippen LogP contribution in [0.25, 0.3) is 5.57 Å². The zero-order valence-electron chi connectivity index (χ0n) is 16.2. The van der Waals surface area contributed by atoms with Crippen molar-refractivity contribution in [2.45, 2.75) is 0 Å². The first kappa shape index (κ1) is 18.3. The molecule has 28 heavy (non-hydrogen) atoms. The highest BCUT2D eigenvalue weighted by Gasteiger charge is 2.36. The molecule has 2 amide bonds. The molecule has 1 N–H and O–H groups in total. The maximum absolute atomic E-state index is 12.6.